The average molecular weight is 460 g/mol. The van der Waals surface area contributed by atoms with Crippen molar-refractivity contribution in [3.8, 4) is 0 Å². The second-order valence-electron chi connectivity index (χ2n) is 7.88. The van der Waals surface area contributed by atoms with Gasteiger partial charge in [0.05, 0.1) is 16.3 Å². The minimum Gasteiger partial charge on any atom is -0.352 e. The summed E-state index contributed by atoms with van der Waals surface area (Å²) in [7, 11) is -3.68. The number of carbonyl (C=O) groups is 2. The molecule has 7 nitrogen and oxygen atoms in total. The molecule has 0 saturated carbocycles. The van der Waals surface area contributed by atoms with Crippen LogP contribution in [0.2, 0.25) is 0 Å². The predicted octanol–water partition coefficient (Wildman–Crippen LogP) is 2.76. The van der Waals surface area contributed by atoms with E-state index in [9.17, 15) is 18.0 Å². The van der Waals surface area contributed by atoms with Crippen LogP contribution in [0, 0.1) is 12.8 Å². The van der Waals surface area contributed by atoms with Gasteiger partial charge in [-0.25, -0.2) is 8.42 Å². The smallest absolute Gasteiger partial charge is 0.243 e. The van der Waals surface area contributed by atoms with E-state index in [1.54, 1.807) is 12.1 Å². The lowest BCUT2D eigenvalue weighted by Crippen LogP contribution is -2.42. The zero-order chi connectivity index (χ0) is 22.0. The molecule has 0 atom stereocenters. The summed E-state index contributed by atoms with van der Waals surface area (Å²) in [6.45, 7) is 3.08. The molecule has 9 heteroatoms. The molecule has 0 aliphatic carbocycles. The lowest BCUT2D eigenvalue weighted by atomic mass is 9.97. The van der Waals surface area contributed by atoms with Crippen LogP contribution in [-0.4, -0.2) is 43.4 Å². The van der Waals surface area contributed by atoms with Crippen LogP contribution in [0.25, 0.3) is 0 Å². The summed E-state index contributed by atoms with van der Waals surface area (Å²) in [5.74, 6) is -0.0368. The first-order valence-electron chi connectivity index (χ1n) is 10.2. The number of carbonyl (C=O) groups excluding carboxylic acids is 2. The Morgan fingerprint density at radius 3 is 2.58 bits per heavy atom. The van der Waals surface area contributed by atoms with Crippen molar-refractivity contribution in [1.82, 2.24) is 9.62 Å². The molecule has 2 amide bonds. The fourth-order valence-corrected chi connectivity index (χ4v) is 6.05. The van der Waals surface area contributed by atoms with Crippen molar-refractivity contribution < 1.29 is 18.0 Å². The number of sulfonamides is 1. The van der Waals surface area contributed by atoms with Crippen molar-refractivity contribution in [3.05, 3.63) is 53.6 Å². The van der Waals surface area contributed by atoms with Crippen LogP contribution < -0.4 is 10.6 Å². The highest BCUT2D eigenvalue weighted by molar-refractivity contribution is 8.00. The van der Waals surface area contributed by atoms with Crippen LogP contribution in [0.1, 0.15) is 24.0 Å². The lowest BCUT2D eigenvalue weighted by molar-refractivity contribution is -0.126. The SMILES string of the molecule is Cc1ccc(CNC(=O)C2CCN(S(=O)(=O)c3ccc4c(c3)NC(=O)CS4)CC2)cc1. The van der Waals surface area contributed by atoms with Crippen LogP contribution in [0.5, 0.6) is 0 Å². The lowest BCUT2D eigenvalue weighted by Gasteiger charge is -2.31. The number of nitrogens with one attached hydrogen (secondary N) is 2. The predicted molar refractivity (Wildman–Crippen MR) is 120 cm³/mol. The van der Waals surface area contributed by atoms with Gasteiger partial charge in [0.1, 0.15) is 0 Å². The van der Waals surface area contributed by atoms with Crippen molar-refractivity contribution in [2.75, 3.05) is 24.2 Å². The number of aryl methyl sites for hydroxylation is 1. The highest BCUT2D eigenvalue weighted by Gasteiger charge is 2.32. The van der Waals surface area contributed by atoms with Crippen molar-refractivity contribution in [2.45, 2.75) is 36.1 Å². The Kier molecular flexibility index (Phi) is 6.36. The minimum atomic E-state index is -3.68. The Labute approximate surface area is 186 Å². The summed E-state index contributed by atoms with van der Waals surface area (Å²) in [4.78, 5) is 25.2. The molecule has 2 aliphatic rings. The van der Waals surface area contributed by atoms with Crippen LogP contribution in [0.3, 0.4) is 0 Å². The number of amides is 2. The van der Waals surface area contributed by atoms with Gasteiger partial charge in [0.2, 0.25) is 21.8 Å². The van der Waals surface area contributed by atoms with E-state index in [-0.39, 0.29) is 22.6 Å². The first-order chi connectivity index (χ1) is 14.8. The zero-order valence-electron chi connectivity index (χ0n) is 17.3. The van der Waals surface area contributed by atoms with Crippen molar-refractivity contribution in [1.29, 1.82) is 0 Å². The standard InChI is InChI=1S/C22H25N3O4S2/c1-15-2-4-16(5-3-15)13-23-22(27)17-8-10-25(11-9-17)31(28,29)18-6-7-20-19(12-18)24-21(26)14-30-20/h2-7,12,17H,8-11,13-14H2,1H3,(H,23,27)(H,24,26). The molecule has 1 saturated heterocycles. The van der Waals surface area contributed by atoms with Gasteiger partial charge in [-0.2, -0.15) is 4.31 Å². The molecular weight excluding hydrogens is 434 g/mol. The van der Waals surface area contributed by atoms with E-state index in [4.69, 9.17) is 0 Å². The Bertz CT molecular complexity index is 1090. The maximum atomic E-state index is 13.1. The third-order valence-corrected chi connectivity index (χ3v) is 8.60. The quantitative estimate of drug-likeness (QED) is 0.717. The van der Waals surface area contributed by atoms with E-state index in [1.807, 2.05) is 31.2 Å². The normalized spacial score (nSPS) is 17.6. The third-order valence-electron chi connectivity index (χ3n) is 5.63. The molecule has 2 heterocycles. The van der Waals surface area contributed by atoms with Gasteiger partial charge in [-0.1, -0.05) is 29.8 Å². The van der Waals surface area contributed by atoms with Crippen molar-refractivity contribution >= 4 is 39.3 Å². The number of hydrogen-bond acceptors (Lipinski definition) is 5. The van der Waals surface area contributed by atoms with Crippen LogP contribution in [0.4, 0.5) is 5.69 Å². The highest BCUT2D eigenvalue weighted by Crippen LogP contribution is 2.34. The zero-order valence-corrected chi connectivity index (χ0v) is 18.9. The number of rotatable bonds is 5. The molecular formula is C22H25N3O4S2. The second kappa shape index (κ2) is 9.02. The fourth-order valence-electron chi connectivity index (χ4n) is 3.77. The molecule has 0 radical (unpaired) electrons. The Morgan fingerprint density at radius 1 is 1.16 bits per heavy atom. The molecule has 2 aromatic rings. The molecule has 0 spiro atoms. The molecule has 2 aliphatic heterocycles. The summed E-state index contributed by atoms with van der Waals surface area (Å²) in [5, 5.41) is 5.69. The maximum Gasteiger partial charge on any atom is 0.243 e. The molecule has 0 aromatic heterocycles. The van der Waals surface area contributed by atoms with Crippen molar-refractivity contribution in [2.24, 2.45) is 5.92 Å². The third kappa shape index (κ3) is 4.94. The number of nitrogens with zero attached hydrogens (tertiary/aromatic N) is 1. The fraction of sp³-hybridized carbons (Fsp3) is 0.364. The van der Waals surface area contributed by atoms with E-state index in [0.717, 1.165) is 10.5 Å². The van der Waals surface area contributed by atoms with Gasteiger partial charge in [0, 0.05) is 30.4 Å². The van der Waals surface area contributed by atoms with Gasteiger partial charge in [-0.05, 0) is 43.5 Å². The number of benzene rings is 2. The molecule has 1 fully saturated rings. The first kappa shape index (κ1) is 21.9. The molecule has 31 heavy (non-hydrogen) atoms. The average Bonchev–Trinajstić information content (AvgIpc) is 2.78. The van der Waals surface area contributed by atoms with Crippen LogP contribution in [0.15, 0.2) is 52.3 Å². The van der Waals surface area contributed by atoms with E-state index >= 15 is 0 Å². The summed E-state index contributed by atoms with van der Waals surface area (Å²) in [6, 6.07) is 12.8. The first-order valence-corrected chi connectivity index (χ1v) is 12.7. The van der Waals surface area contributed by atoms with Gasteiger partial charge in [0.15, 0.2) is 0 Å². The van der Waals surface area contributed by atoms with E-state index in [1.165, 1.54) is 27.7 Å². The molecule has 2 aromatic carbocycles. The number of piperidine rings is 1. The molecule has 4 rings (SSSR count). The van der Waals surface area contributed by atoms with Crippen LogP contribution >= 0.6 is 11.8 Å². The van der Waals surface area contributed by atoms with Crippen LogP contribution in [-0.2, 0) is 26.2 Å². The van der Waals surface area contributed by atoms with E-state index in [2.05, 4.69) is 10.6 Å². The van der Waals surface area contributed by atoms with E-state index < -0.39 is 10.0 Å². The Hall–Kier alpha value is -2.36. The summed E-state index contributed by atoms with van der Waals surface area (Å²) in [5.41, 5.74) is 2.74. The molecule has 2 N–H and O–H groups in total. The molecule has 0 unspecified atom stereocenters. The summed E-state index contributed by atoms with van der Waals surface area (Å²) in [6.07, 6.45) is 0.965. The maximum absolute atomic E-state index is 13.1. The van der Waals surface area contributed by atoms with Crippen molar-refractivity contribution in [3.63, 3.8) is 0 Å². The monoisotopic (exact) mass is 459 g/mol. The topological polar surface area (TPSA) is 95.6 Å². The number of anilines is 1. The van der Waals surface area contributed by atoms with E-state index in [0.29, 0.717) is 43.9 Å². The molecule has 0 bridgehead atoms. The van der Waals surface area contributed by atoms with Gasteiger partial charge < -0.3 is 10.6 Å². The van der Waals surface area contributed by atoms with Gasteiger partial charge >= 0.3 is 0 Å². The highest BCUT2D eigenvalue weighted by atomic mass is 32.2. The second-order valence-corrected chi connectivity index (χ2v) is 10.8. The molecule has 164 valence electrons. The Morgan fingerprint density at radius 2 is 1.87 bits per heavy atom. The Balaban J connectivity index is 1.35. The summed E-state index contributed by atoms with van der Waals surface area (Å²) < 4.78 is 27.6. The minimum absolute atomic E-state index is 0.0360. The number of hydrogen-bond donors (Lipinski definition) is 2. The number of thioether (sulfide) groups is 1. The number of fused-ring (bicyclic) bond motifs is 1. The van der Waals surface area contributed by atoms with Gasteiger partial charge in [-0.15, -0.1) is 11.8 Å². The largest absolute Gasteiger partial charge is 0.352 e. The van der Waals surface area contributed by atoms with Gasteiger partial charge in [0.25, 0.3) is 0 Å². The van der Waals surface area contributed by atoms with Gasteiger partial charge in [-0.3, -0.25) is 9.59 Å². The summed E-state index contributed by atoms with van der Waals surface area (Å²) >= 11 is 1.39.